The summed E-state index contributed by atoms with van der Waals surface area (Å²) in [5.74, 6) is -1.18. The molecule has 0 radical (unpaired) electrons. The van der Waals surface area contributed by atoms with Gasteiger partial charge in [-0.05, 0) is 6.92 Å². The zero-order valence-corrected chi connectivity index (χ0v) is 7.87. The Bertz CT molecular complexity index is 206. The van der Waals surface area contributed by atoms with Crippen LogP contribution >= 0.6 is 0 Å². The summed E-state index contributed by atoms with van der Waals surface area (Å²) in [6, 6.07) is 0. The highest BCUT2D eigenvalue weighted by Gasteiger charge is 1.95. The van der Waals surface area contributed by atoms with Gasteiger partial charge in [-0.25, -0.2) is 4.79 Å². The number of aliphatic carboxylic acids is 1. The largest absolute Gasteiger partial charge is 0.481 e. The monoisotopic (exact) mass is 186 g/mol. The molecule has 0 heterocycles. The van der Waals surface area contributed by atoms with Crippen LogP contribution in [0, 0.1) is 0 Å². The molecule has 0 aromatic heterocycles. The van der Waals surface area contributed by atoms with Gasteiger partial charge in [-0.15, -0.1) is 6.58 Å². The minimum Gasteiger partial charge on any atom is -0.481 e. The highest BCUT2D eigenvalue weighted by molar-refractivity contribution is 5.86. The summed E-state index contributed by atoms with van der Waals surface area (Å²) in [5.41, 5.74) is 0.433. The average molecular weight is 186 g/mol. The first-order valence-electron chi connectivity index (χ1n) is 3.52. The highest BCUT2D eigenvalue weighted by atomic mass is 16.5. The van der Waals surface area contributed by atoms with E-state index in [1.54, 1.807) is 6.92 Å². The molecule has 0 saturated heterocycles. The van der Waals surface area contributed by atoms with Crippen LogP contribution in [0.2, 0.25) is 0 Å². The Kier molecular flexibility index (Phi) is 9.15. The third kappa shape index (κ3) is 13.4. The topological polar surface area (TPSA) is 63.6 Å². The molecule has 0 aliphatic rings. The molecule has 74 valence electrons. The Labute approximate surface area is 77.5 Å². The van der Waals surface area contributed by atoms with Crippen LogP contribution in [0.25, 0.3) is 0 Å². The number of carbonyl (C=O) groups is 2. The van der Waals surface area contributed by atoms with E-state index in [-0.39, 0.29) is 12.4 Å². The van der Waals surface area contributed by atoms with Gasteiger partial charge in [-0.3, -0.25) is 4.79 Å². The second kappa shape index (κ2) is 8.52. The molecule has 0 aromatic rings. The normalized spacial score (nSPS) is 7.54. The van der Waals surface area contributed by atoms with Gasteiger partial charge in [-0.1, -0.05) is 12.7 Å². The van der Waals surface area contributed by atoms with Crippen LogP contribution in [0.5, 0.6) is 0 Å². The summed E-state index contributed by atoms with van der Waals surface area (Å²) in [6.07, 6.45) is 1.41. The molecule has 4 heteroatoms. The molecule has 13 heavy (non-hydrogen) atoms. The second-order valence-electron chi connectivity index (χ2n) is 2.16. The standard InChI is InChI=1S/C5H8O2.C4H6O2/c1-4(2)5(6)7-3;1-2-3-4(5)6/h1H2,2-3H3;2H,1,3H2,(H,5,6). The number of carbonyl (C=O) groups excluding carboxylic acids is 1. The van der Waals surface area contributed by atoms with E-state index in [1.165, 1.54) is 13.2 Å². The lowest BCUT2D eigenvalue weighted by molar-refractivity contribution is -0.136. The Morgan fingerprint density at radius 1 is 1.54 bits per heavy atom. The predicted molar refractivity (Wildman–Crippen MR) is 49.3 cm³/mol. The zero-order chi connectivity index (χ0) is 10.9. The minimum absolute atomic E-state index is 0.0556. The number of hydrogen-bond acceptors (Lipinski definition) is 3. The molecule has 0 spiro atoms. The average Bonchev–Trinajstić information content (AvgIpc) is 2.03. The SMILES string of the molecule is C=C(C)C(=O)OC.C=CCC(=O)O. The third-order valence-electron chi connectivity index (χ3n) is 0.853. The minimum atomic E-state index is -0.829. The molecule has 0 unspecified atom stereocenters. The summed E-state index contributed by atoms with van der Waals surface area (Å²) in [6.45, 7) is 8.17. The van der Waals surface area contributed by atoms with E-state index in [0.717, 1.165) is 0 Å². The maximum atomic E-state index is 10.2. The van der Waals surface area contributed by atoms with Crippen molar-refractivity contribution in [3.8, 4) is 0 Å². The number of carboxylic acid groups (broad SMARTS) is 1. The van der Waals surface area contributed by atoms with Crippen molar-refractivity contribution in [3.05, 3.63) is 24.8 Å². The van der Waals surface area contributed by atoms with E-state index < -0.39 is 5.97 Å². The molecule has 1 N–H and O–H groups in total. The summed E-state index contributed by atoms with van der Waals surface area (Å²) in [4.78, 5) is 19.7. The smallest absolute Gasteiger partial charge is 0.332 e. The fraction of sp³-hybridized carbons (Fsp3) is 0.333. The molecule has 0 aliphatic heterocycles. The van der Waals surface area contributed by atoms with Crippen molar-refractivity contribution in [3.63, 3.8) is 0 Å². The lowest BCUT2D eigenvalue weighted by atomic mass is 10.4. The lowest BCUT2D eigenvalue weighted by Crippen LogP contribution is -1.98. The maximum Gasteiger partial charge on any atom is 0.332 e. The van der Waals surface area contributed by atoms with Crippen molar-refractivity contribution in [1.82, 2.24) is 0 Å². The van der Waals surface area contributed by atoms with Gasteiger partial charge < -0.3 is 9.84 Å². The summed E-state index contributed by atoms with van der Waals surface area (Å²) >= 11 is 0. The van der Waals surface area contributed by atoms with E-state index >= 15 is 0 Å². The van der Waals surface area contributed by atoms with E-state index in [9.17, 15) is 9.59 Å². The van der Waals surface area contributed by atoms with Crippen LogP contribution in [0.3, 0.4) is 0 Å². The van der Waals surface area contributed by atoms with Crippen LogP contribution < -0.4 is 0 Å². The molecule has 0 amide bonds. The molecule has 4 nitrogen and oxygen atoms in total. The van der Waals surface area contributed by atoms with Gasteiger partial charge in [-0.2, -0.15) is 0 Å². The van der Waals surface area contributed by atoms with Crippen molar-refractivity contribution in [2.24, 2.45) is 0 Å². The van der Waals surface area contributed by atoms with Gasteiger partial charge in [0, 0.05) is 5.57 Å². The number of esters is 1. The molecule has 0 atom stereocenters. The summed E-state index contributed by atoms with van der Waals surface area (Å²) in [5, 5.41) is 7.84. The number of methoxy groups -OCH3 is 1. The first-order chi connectivity index (χ1) is 5.95. The Balaban J connectivity index is 0. The first kappa shape index (κ1) is 14.0. The van der Waals surface area contributed by atoms with E-state index in [2.05, 4.69) is 17.9 Å². The summed E-state index contributed by atoms with van der Waals surface area (Å²) in [7, 11) is 1.33. The van der Waals surface area contributed by atoms with Gasteiger partial charge in [0.1, 0.15) is 0 Å². The van der Waals surface area contributed by atoms with Crippen LogP contribution in [0.1, 0.15) is 13.3 Å². The number of carboxylic acids is 1. The number of hydrogen-bond donors (Lipinski definition) is 1. The van der Waals surface area contributed by atoms with E-state index in [4.69, 9.17) is 5.11 Å². The fourth-order valence-electron chi connectivity index (χ4n) is 0.298. The Morgan fingerprint density at radius 2 is 2.00 bits per heavy atom. The molecule has 0 aliphatic carbocycles. The van der Waals surface area contributed by atoms with Crippen LogP contribution in [0.4, 0.5) is 0 Å². The third-order valence-corrected chi connectivity index (χ3v) is 0.853. The zero-order valence-electron chi connectivity index (χ0n) is 7.87. The van der Waals surface area contributed by atoms with Crippen molar-refractivity contribution < 1.29 is 19.4 Å². The molecular formula is C9H14O4. The van der Waals surface area contributed by atoms with Crippen LogP contribution in [0.15, 0.2) is 24.8 Å². The lowest BCUT2D eigenvalue weighted by Gasteiger charge is -1.91. The molecular weight excluding hydrogens is 172 g/mol. The van der Waals surface area contributed by atoms with Crippen molar-refractivity contribution in [1.29, 1.82) is 0 Å². The van der Waals surface area contributed by atoms with E-state index in [0.29, 0.717) is 5.57 Å². The number of ether oxygens (including phenoxy) is 1. The van der Waals surface area contributed by atoms with Gasteiger partial charge >= 0.3 is 11.9 Å². The Hall–Kier alpha value is -1.58. The number of rotatable bonds is 3. The first-order valence-corrected chi connectivity index (χ1v) is 3.52. The predicted octanol–water partition coefficient (Wildman–Crippen LogP) is 1.38. The quantitative estimate of drug-likeness (QED) is 0.411. The molecule has 0 aromatic carbocycles. The van der Waals surface area contributed by atoms with Crippen molar-refractivity contribution in [2.75, 3.05) is 7.11 Å². The van der Waals surface area contributed by atoms with Gasteiger partial charge in [0.05, 0.1) is 13.5 Å². The molecule has 0 fully saturated rings. The second-order valence-corrected chi connectivity index (χ2v) is 2.16. The molecule has 0 rings (SSSR count). The van der Waals surface area contributed by atoms with Crippen LogP contribution in [-0.2, 0) is 14.3 Å². The Morgan fingerprint density at radius 3 is 2.00 bits per heavy atom. The van der Waals surface area contributed by atoms with Gasteiger partial charge in [0.15, 0.2) is 0 Å². The van der Waals surface area contributed by atoms with Crippen molar-refractivity contribution >= 4 is 11.9 Å². The van der Waals surface area contributed by atoms with Gasteiger partial charge in [0.2, 0.25) is 0 Å². The van der Waals surface area contributed by atoms with Crippen molar-refractivity contribution in [2.45, 2.75) is 13.3 Å². The molecule has 0 bridgehead atoms. The fourth-order valence-corrected chi connectivity index (χ4v) is 0.298. The highest BCUT2D eigenvalue weighted by Crippen LogP contribution is 1.87. The maximum absolute atomic E-state index is 10.2. The van der Waals surface area contributed by atoms with E-state index in [1.807, 2.05) is 0 Å². The molecule has 0 saturated carbocycles. The summed E-state index contributed by atoms with van der Waals surface area (Å²) < 4.78 is 4.27. The van der Waals surface area contributed by atoms with Gasteiger partial charge in [0.25, 0.3) is 0 Å². The van der Waals surface area contributed by atoms with Crippen LogP contribution in [-0.4, -0.2) is 24.2 Å².